The summed E-state index contributed by atoms with van der Waals surface area (Å²) in [5.74, 6) is 0.708. The third-order valence-corrected chi connectivity index (χ3v) is 10.2. The molecule has 10 aromatic rings. The number of hydrogen-bond acceptors (Lipinski definition) is 4. The highest BCUT2D eigenvalue weighted by Gasteiger charge is 2.19. The Hall–Kier alpha value is -5.84. The van der Waals surface area contributed by atoms with Crippen molar-refractivity contribution in [3.05, 3.63) is 146 Å². The summed E-state index contributed by atoms with van der Waals surface area (Å²) in [6.45, 7) is 0. The number of fused-ring (bicyclic) bond motifs is 9. The fourth-order valence-electron chi connectivity index (χ4n) is 6.85. The van der Waals surface area contributed by atoms with Gasteiger partial charge in [0, 0.05) is 37.4 Å². The molecular weight excluding hydrogens is 581 g/mol. The molecule has 46 heavy (non-hydrogen) atoms. The molecule has 0 amide bonds. The summed E-state index contributed by atoms with van der Waals surface area (Å²) in [6.07, 6.45) is 0. The van der Waals surface area contributed by atoms with Gasteiger partial charge in [-0.15, -0.1) is 11.3 Å². The van der Waals surface area contributed by atoms with Crippen LogP contribution >= 0.6 is 11.3 Å². The summed E-state index contributed by atoms with van der Waals surface area (Å²) in [4.78, 5) is 10.5. The Balaban J connectivity index is 1.24. The van der Waals surface area contributed by atoms with Gasteiger partial charge >= 0.3 is 0 Å². The van der Waals surface area contributed by atoms with Gasteiger partial charge in [-0.3, -0.25) is 0 Å². The standard InChI is InChI=1S/C42H24N2OS/c1-2-11-26(12-3-1)33-24-35-34-23-29(20-21-36(34)45-40(35)31-15-7-6-14-30(31)33)42-43-38(28-19-18-25-10-4-5-13-27(25)22-28)41-39(44-42)32-16-8-9-17-37(32)46-41/h1-24H. The van der Waals surface area contributed by atoms with E-state index in [-0.39, 0.29) is 0 Å². The molecule has 0 unspecified atom stereocenters. The predicted octanol–water partition coefficient (Wildman–Crippen LogP) is 12.1. The van der Waals surface area contributed by atoms with Crippen LogP contribution in [0.15, 0.2) is 150 Å². The molecule has 0 N–H and O–H groups in total. The van der Waals surface area contributed by atoms with Gasteiger partial charge in [0.15, 0.2) is 5.82 Å². The maximum Gasteiger partial charge on any atom is 0.160 e. The number of thiophene rings is 1. The van der Waals surface area contributed by atoms with Gasteiger partial charge in [-0.25, -0.2) is 9.97 Å². The lowest BCUT2D eigenvalue weighted by molar-refractivity contribution is 0.672. The first-order valence-corrected chi connectivity index (χ1v) is 16.2. The SMILES string of the molecule is c1ccc(-c2cc3c4cc(-c5nc(-c6ccc7ccccc7c6)c6sc7ccccc7c6n5)ccc4oc3c3ccccc23)cc1. The van der Waals surface area contributed by atoms with Gasteiger partial charge in [0.1, 0.15) is 11.2 Å². The van der Waals surface area contributed by atoms with E-state index in [0.29, 0.717) is 5.82 Å². The van der Waals surface area contributed by atoms with E-state index in [2.05, 4.69) is 146 Å². The summed E-state index contributed by atoms with van der Waals surface area (Å²) >= 11 is 1.76. The summed E-state index contributed by atoms with van der Waals surface area (Å²) < 4.78 is 8.87. The number of hydrogen-bond donors (Lipinski definition) is 0. The Labute approximate surface area is 268 Å². The lowest BCUT2D eigenvalue weighted by Gasteiger charge is -2.09. The van der Waals surface area contributed by atoms with Crippen LogP contribution in [-0.4, -0.2) is 9.97 Å². The van der Waals surface area contributed by atoms with Gasteiger partial charge in [-0.05, 0) is 63.7 Å². The summed E-state index contributed by atoms with van der Waals surface area (Å²) in [7, 11) is 0. The Morgan fingerprint density at radius 2 is 1.22 bits per heavy atom. The van der Waals surface area contributed by atoms with Crippen LogP contribution in [0.3, 0.4) is 0 Å². The van der Waals surface area contributed by atoms with Crippen LogP contribution in [0.25, 0.3) is 97.6 Å². The van der Waals surface area contributed by atoms with E-state index in [9.17, 15) is 0 Å². The second-order valence-corrected chi connectivity index (χ2v) is 12.8. The lowest BCUT2D eigenvalue weighted by Crippen LogP contribution is -1.93. The molecule has 0 radical (unpaired) electrons. The van der Waals surface area contributed by atoms with E-state index in [1.54, 1.807) is 11.3 Å². The van der Waals surface area contributed by atoms with Crippen LogP contribution < -0.4 is 0 Å². The Morgan fingerprint density at radius 3 is 2.11 bits per heavy atom. The van der Waals surface area contributed by atoms with Crippen molar-refractivity contribution in [2.24, 2.45) is 0 Å². The molecule has 7 aromatic carbocycles. The van der Waals surface area contributed by atoms with E-state index >= 15 is 0 Å². The van der Waals surface area contributed by atoms with Gasteiger partial charge in [-0.1, -0.05) is 109 Å². The number of furan rings is 1. The summed E-state index contributed by atoms with van der Waals surface area (Å²) in [5.41, 5.74) is 8.13. The van der Waals surface area contributed by atoms with Crippen LogP contribution in [-0.2, 0) is 0 Å². The maximum absolute atomic E-state index is 6.56. The normalized spacial score (nSPS) is 11.9. The van der Waals surface area contributed by atoms with Crippen molar-refractivity contribution in [3.8, 4) is 33.8 Å². The minimum Gasteiger partial charge on any atom is -0.455 e. The Bertz CT molecular complexity index is 2810. The van der Waals surface area contributed by atoms with Crippen molar-refractivity contribution in [3.63, 3.8) is 0 Å². The van der Waals surface area contributed by atoms with E-state index in [4.69, 9.17) is 14.4 Å². The van der Waals surface area contributed by atoms with Crippen molar-refractivity contribution in [1.82, 2.24) is 9.97 Å². The monoisotopic (exact) mass is 604 g/mol. The zero-order chi connectivity index (χ0) is 30.2. The summed E-state index contributed by atoms with van der Waals surface area (Å²) in [5, 5.41) is 8.00. The smallest absolute Gasteiger partial charge is 0.160 e. The number of aromatic nitrogens is 2. The van der Waals surface area contributed by atoms with Crippen molar-refractivity contribution in [2.75, 3.05) is 0 Å². The highest BCUT2D eigenvalue weighted by molar-refractivity contribution is 7.26. The zero-order valence-corrected chi connectivity index (χ0v) is 25.4. The summed E-state index contributed by atoms with van der Waals surface area (Å²) in [6, 6.07) is 51.3. The van der Waals surface area contributed by atoms with Gasteiger partial charge in [0.05, 0.1) is 15.9 Å². The maximum atomic E-state index is 6.56. The van der Waals surface area contributed by atoms with Crippen LogP contribution in [0.4, 0.5) is 0 Å². The fraction of sp³-hybridized carbons (Fsp3) is 0. The third-order valence-electron chi connectivity index (χ3n) is 9.06. The van der Waals surface area contributed by atoms with E-state index < -0.39 is 0 Å². The number of benzene rings is 7. The molecule has 10 rings (SSSR count). The third kappa shape index (κ3) is 3.84. The lowest BCUT2D eigenvalue weighted by atomic mass is 9.95. The van der Waals surface area contributed by atoms with Crippen LogP contribution in [0, 0.1) is 0 Å². The molecule has 0 aliphatic heterocycles. The first-order valence-electron chi connectivity index (χ1n) is 15.4. The first-order chi connectivity index (χ1) is 22.8. The molecule has 0 saturated carbocycles. The Kier molecular flexibility index (Phi) is 5.45. The molecule has 0 saturated heterocycles. The quantitative estimate of drug-likeness (QED) is 0.201. The van der Waals surface area contributed by atoms with Crippen molar-refractivity contribution >= 4 is 75.1 Å². The second-order valence-electron chi connectivity index (χ2n) is 11.8. The number of rotatable bonds is 3. The molecule has 0 fully saturated rings. The van der Waals surface area contributed by atoms with Gasteiger partial charge in [0.2, 0.25) is 0 Å². The largest absolute Gasteiger partial charge is 0.455 e. The molecule has 0 aliphatic carbocycles. The van der Waals surface area contributed by atoms with E-state index in [0.717, 1.165) is 59.7 Å². The van der Waals surface area contributed by atoms with Crippen LogP contribution in [0.1, 0.15) is 0 Å². The van der Waals surface area contributed by atoms with Crippen molar-refractivity contribution < 1.29 is 4.42 Å². The fourth-order valence-corrected chi connectivity index (χ4v) is 8.00. The highest BCUT2D eigenvalue weighted by Crippen LogP contribution is 2.43. The van der Waals surface area contributed by atoms with E-state index in [1.807, 2.05) is 0 Å². The molecule has 3 heterocycles. The second kappa shape index (κ2) is 9.83. The van der Waals surface area contributed by atoms with Crippen LogP contribution in [0.2, 0.25) is 0 Å². The molecule has 0 bridgehead atoms. The average Bonchev–Trinajstić information content (AvgIpc) is 3.69. The van der Waals surface area contributed by atoms with Crippen molar-refractivity contribution in [2.45, 2.75) is 0 Å². The Morgan fingerprint density at radius 1 is 0.478 bits per heavy atom. The van der Waals surface area contributed by atoms with Crippen LogP contribution in [0.5, 0.6) is 0 Å². The predicted molar refractivity (Wildman–Crippen MR) is 194 cm³/mol. The molecular formula is C42H24N2OS. The molecule has 0 spiro atoms. The van der Waals surface area contributed by atoms with Gasteiger partial charge < -0.3 is 4.42 Å². The molecule has 0 aliphatic rings. The molecule has 0 atom stereocenters. The first kappa shape index (κ1) is 25.5. The minimum atomic E-state index is 0.708. The van der Waals surface area contributed by atoms with Gasteiger partial charge in [-0.2, -0.15) is 0 Å². The average molecular weight is 605 g/mol. The molecule has 3 aromatic heterocycles. The molecule has 4 heteroatoms. The van der Waals surface area contributed by atoms with E-state index in [1.165, 1.54) is 32.0 Å². The molecule has 214 valence electrons. The highest BCUT2D eigenvalue weighted by atomic mass is 32.1. The minimum absolute atomic E-state index is 0.708. The number of nitrogens with zero attached hydrogens (tertiary/aromatic N) is 2. The van der Waals surface area contributed by atoms with Crippen molar-refractivity contribution in [1.29, 1.82) is 0 Å². The van der Waals surface area contributed by atoms with Gasteiger partial charge in [0.25, 0.3) is 0 Å². The molecule has 3 nitrogen and oxygen atoms in total. The topological polar surface area (TPSA) is 38.9 Å². The zero-order valence-electron chi connectivity index (χ0n) is 24.6.